The van der Waals surface area contributed by atoms with E-state index in [0.717, 1.165) is 44.1 Å². The number of benzene rings is 1. The minimum atomic E-state index is -4.21. The van der Waals surface area contributed by atoms with Gasteiger partial charge in [0, 0.05) is 19.5 Å². The maximum Gasteiger partial charge on any atom is 0.266 e. The zero-order valence-electron chi connectivity index (χ0n) is 27.0. The maximum atomic E-state index is 13.5. The number of hydrogen-bond donors (Lipinski definition) is 4. The lowest BCUT2D eigenvalue weighted by molar-refractivity contribution is -0.228. The summed E-state index contributed by atoms with van der Waals surface area (Å²) >= 11 is 0. The third-order valence-corrected chi connectivity index (χ3v) is 14.0. The van der Waals surface area contributed by atoms with E-state index in [-0.39, 0.29) is 83.8 Å². The van der Waals surface area contributed by atoms with E-state index in [4.69, 9.17) is 0 Å². The van der Waals surface area contributed by atoms with Gasteiger partial charge in [0.1, 0.15) is 0 Å². The van der Waals surface area contributed by atoms with Gasteiger partial charge in [0.15, 0.2) is 0 Å². The molecule has 248 valence electrons. The third kappa shape index (κ3) is 6.25. The van der Waals surface area contributed by atoms with E-state index >= 15 is 0 Å². The molecule has 0 radical (unpaired) electrons. The van der Waals surface area contributed by atoms with Crippen LogP contribution in [0.15, 0.2) is 30.3 Å². The quantitative estimate of drug-likeness (QED) is 0.269. The van der Waals surface area contributed by atoms with Crippen molar-refractivity contribution in [2.75, 3.05) is 12.3 Å². The number of aliphatic hydroxyl groups excluding tert-OH is 3. The first-order valence-electron chi connectivity index (χ1n) is 17.0. The Morgan fingerprint density at radius 1 is 1.02 bits per heavy atom. The number of carbonyl (C=O) groups is 1. The average Bonchev–Trinajstić information content (AvgIpc) is 3.34. The van der Waals surface area contributed by atoms with E-state index in [2.05, 4.69) is 27.7 Å². The van der Waals surface area contributed by atoms with Crippen LogP contribution in [-0.4, -0.2) is 69.7 Å². The fourth-order valence-electron chi connectivity index (χ4n) is 10.9. The highest BCUT2D eigenvalue weighted by Crippen LogP contribution is 2.69. The summed E-state index contributed by atoms with van der Waals surface area (Å²) in [5.74, 6) is 0.727. The minimum Gasteiger partial charge on any atom is -0.393 e. The van der Waals surface area contributed by atoms with Gasteiger partial charge < -0.3 is 20.2 Å². The van der Waals surface area contributed by atoms with E-state index < -0.39 is 28.1 Å². The molecule has 0 spiro atoms. The minimum absolute atomic E-state index is 0.00644. The van der Waals surface area contributed by atoms with Crippen LogP contribution in [-0.2, 0) is 21.5 Å². The number of rotatable bonds is 10. The maximum absolute atomic E-state index is 13.5. The number of hydrogen-bond acceptors (Lipinski definition) is 6. The Morgan fingerprint density at radius 2 is 1.73 bits per heavy atom. The van der Waals surface area contributed by atoms with Crippen LogP contribution in [0.1, 0.15) is 91.0 Å². The molecule has 0 aromatic heterocycles. The SMILES string of the molecule is CC[C@H]1[C@@H](O)[C@@H]2[C@H](C[C@H](O)[C@]3(C)[C@@H]([C@H](C)CCC(=O)N(CCS(=O)(=O)O)Cc4ccccc4)CC[C@@H]23)[C@@]2(C)CC[C@@H](O)C[C@@H]12. The van der Waals surface area contributed by atoms with Crippen molar-refractivity contribution < 1.29 is 33.1 Å². The van der Waals surface area contributed by atoms with Crippen molar-refractivity contribution in [2.45, 2.75) is 110 Å². The number of aliphatic hydroxyl groups is 3. The van der Waals surface area contributed by atoms with Gasteiger partial charge in [-0.3, -0.25) is 9.35 Å². The predicted octanol–water partition coefficient (Wildman–Crippen LogP) is 4.92. The van der Waals surface area contributed by atoms with Gasteiger partial charge in [0.2, 0.25) is 5.91 Å². The number of amides is 1. The van der Waals surface area contributed by atoms with Gasteiger partial charge in [-0.15, -0.1) is 0 Å². The highest BCUT2D eigenvalue weighted by Gasteiger charge is 2.67. The normalized spacial score (nSPS) is 40.9. The zero-order valence-corrected chi connectivity index (χ0v) is 27.8. The molecule has 4 aliphatic rings. The standard InChI is InChI=1S/C35H55NO7S/c1-5-25-28-19-24(37)15-16-34(28,3)29-20-30(38)35(4)26(12-13-27(35)32(29)33(25)40)22(2)11-14-31(39)36(17-18-44(41,42)43)21-23-9-7-6-8-10-23/h6-10,22,24-30,32-33,37-38,40H,5,11-21H2,1-4H3,(H,41,42,43)/t22-,24-,25-,26-,27+,28+,29+,30+,32+,33-,34+,35-/m1/s1. The van der Waals surface area contributed by atoms with Crippen LogP contribution in [0.2, 0.25) is 0 Å². The van der Waals surface area contributed by atoms with Crippen molar-refractivity contribution in [1.29, 1.82) is 0 Å². The summed E-state index contributed by atoms with van der Waals surface area (Å²) in [6.45, 7) is 9.15. The van der Waals surface area contributed by atoms with Crippen molar-refractivity contribution in [1.82, 2.24) is 4.90 Å². The van der Waals surface area contributed by atoms with Crippen LogP contribution in [0, 0.1) is 52.3 Å². The van der Waals surface area contributed by atoms with E-state index in [1.807, 2.05) is 30.3 Å². The van der Waals surface area contributed by atoms with Crippen molar-refractivity contribution >= 4 is 16.0 Å². The molecule has 8 nitrogen and oxygen atoms in total. The lowest BCUT2D eigenvalue weighted by atomic mass is 9.41. The van der Waals surface area contributed by atoms with E-state index in [1.54, 1.807) is 0 Å². The highest BCUT2D eigenvalue weighted by molar-refractivity contribution is 7.85. The summed E-state index contributed by atoms with van der Waals surface area (Å²) in [6, 6.07) is 9.44. The van der Waals surface area contributed by atoms with Crippen LogP contribution >= 0.6 is 0 Å². The van der Waals surface area contributed by atoms with E-state index in [0.29, 0.717) is 12.8 Å². The molecule has 0 bridgehead atoms. The molecular formula is C35H55NO7S. The van der Waals surface area contributed by atoms with Gasteiger partial charge in [0.05, 0.1) is 24.1 Å². The Kier molecular flexibility index (Phi) is 9.95. The number of carbonyl (C=O) groups excluding carboxylic acids is 1. The molecule has 0 saturated heterocycles. The molecule has 0 aliphatic heterocycles. The first-order chi connectivity index (χ1) is 20.7. The van der Waals surface area contributed by atoms with Crippen LogP contribution in [0.4, 0.5) is 0 Å². The first-order valence-corrected chi connectivity index (χ1v) is 18.6. The number of fused-ring (bicyclic) bond motifs is 5. The molecule has 4 aliphatic carbocycles. The summed E-state index contributed by atoms with van der Waals surface area (Å²) in [6.07, 6.45) is 5.63. The molecule has 9 heteroatoms. The molecule has 0 heterocycles. The molecule has 5 rings (SSSR count). The molecule has 4 N–H and O–H groups in total. The number of nitrogens with zero attached hydrogens (tertiary/aromatic N) is 1. The van der Waals surface area contributed by atoms with E-state index in [9.17, 15) is 33.1 Å². The second kappa shape index (κ2) is 12.9. The van der Waals surface area contributed by atoms with Crippen LogP contribution in [0.5, 0.6) is 0 Å². The topological polar surface area (TPSA) is 135 Å². The summed E-state index contributed by atoms with van der Waals surface area (Å²) in [5.41, 5.74) is 0.552. The summed E-state index contributed by atoms with van der Waals surface area (Å²) < 4.78 is 32.3. The Balaban J connectivity index is 1.31. The Bertz CT molecular complexity index is 1260. The van der Waals surface area contributed by atoms with Crippen molar-refractivity contribution in [3.8, 4) is 0 Å². The Hall–Kier alpha value is -1.52. The van der Waals surface area contributed by atoms with Gasteiger partial charge in [-0.2, -0.15) is 8.42 Å². The third-order valence-electron chi connectivity index (χ3n) is 13.3. The molecule has 1 amide bonds. The molecule has 44 heavy (non-hydrogen) atoms. The second-order valence-corrected chi connectivity index (χ2v) is 16.9. The molecule has 12 atom stereocenters. The smallest absolute Gasteiger partial charge is 0.266 e. The molecule has 1 aromatic carbocycles. The largest absolute Gasteiger partial charge is 0.393 e. The van der Waals surface area contributed by atoms with Crippen LogP contribution in [0.25, 0.3) is 0 Å². The van der Waals surface area contributed by atoms with E-state index in [1.165, 1.54) is 4.90 Å². The zero-order chi connectivity index (χ0) is 32.0. The predicted molar refractivity (Wildman–Crippen MR) is 170 cm³/mol. The fourth-order valence-corrected chi connectivity index (χ4v) is 11.4. The van der Waals surface area contributed by atoms with Gasteiger partial charge >= 0.3 is 0 Å². The van der Waals surface area contributed by atoms with Crippen LogP contribution in [0.3, 0.4) is 0 Å². The molecule has 4 fully saturated rings. The van der Waals surface area contributed by atoms with Crippen molar-refractivity contribution in [3.05, 3.63) is 35.9 Å². The van der Waals surface area contributed by atoms with Gasteiger partial charge in [-0.25, -0.2) is 0 Å². The highest BCUT2D eigenvalue weighted by atomic mass is 32.2. The summed E-state index contributed by atoms with van der Waals surface area (Å²) in [7, 11) is -4.21. The lowest BCUT2D eigenvalue weighted by Gasteiger charge is -2.65. The first kappa shape index (κ1) is 33.8. The lowest BCUT2D eigenvalue weighted by Crippen LogP contribution is -2.65. The fraction of sp³-hybridized carbons (Fsp3) is 0.800. The Labute approximate surface area is 264 Å². The molecule has 4 saturated carbocycles. The van der Waals surface area contributed by atoms with Crippen molar-refractivity contribution in [2.24, 2.45) is 52.3 Å². The monoisotopic (exact) mass is 633 g/mol. The Morgan fingerprint density at radius 3 is 2.39 bits per heavy atom. The molecule has 1 aromatic rings. The van der Waals surface area contributed by atoms with Crippen molar-refractivity contribution in [3.63, 3.8) is 0 Å². The van der Waals surface area contributed by atoms with Gasteiger partial charge in [-0.05, 0) is 103 Å². The molecule has 0 unspecified atom stereocenters. The van der Waals surface area contributed by atoms with Gasteiger partial charge in [-0.1, -0.05) is 64.4 Å². The second-order valence-electron chi connectivity index (χ2n) is 15.3. The van der Waals surface area contributed by atoms with Crippen LogP contribution < -0.4 is 0 Å². The average molecular weight is 634 g/mol. The van der Waals surface area contributed by atoms with Gasteiger partial charge in [0.25, 0.3) is 10.1 Å². The summed E-state index contributed by atoms with van der Waals surface area (Å²) in [4.78, 5) is 15.0. The molecular weight excluding hydrogens is 578 g/mol. The summed E-state index contributed by atoms with van der Waals surface area (Å²) in [5, 5.41) is 34.5.